The van der Waals surface area contributed by atoms with Crippen molar-refractivity contribution in [3.63, 3.8) is 0 Å². The van der Waals surface area contributed by atoms with Gasteiger partial charge in [-0.15, -0.1) is 0 Å². The number of aromatic nitrogens is 1. The Morgan fingerprint density at radius 1 is 1.59 bits per heavy atom. The molecule has 1 N–H and O–H groups in total. The van der Waals surface area contributed by atoms with Crippen LogP contribution in [0.5, 0.6) is 5.75 Å². The molecule has 1 saturated heterocycles. The number of nitrogens with one attached hydrogen (secondary N) is 1. The van der Waals surface area contributed by atoms with Gasteiger partial charge in [0, 0.05) is 19.3 Å². The Morgan fingerprint density at radius 3 is 3.18 bits per heavy atom. The topological polar surface area (TPSA) is 43.4 Å². The van der Waals surface area contributed by atoms with E-state index in [-0.39, 0.29) is 5.60 Å². The molecule has 1 atom stereocenters. The molecule has 4 nitrogen and oxygen atoms in total. The highest BCUT2D eigenvalue weighted by atomic mass is 16.5. The molecule has 0 aromatic carbocycles. The minimum Gasteiger partial charge on any atom is -0.490 e. The van der Waals surface area contributed by atoms with E-state index in [4.69, 9.17) is 9.47 Å². The largest absolute Gasteiger partial charge is 0.490 e. The number of hydrogen-bond donors (Lipinski definition) is 1. The van der Waals surface area contributed by atoms with Crippen LogP contribution in [-0.4, -0.2) is 30.3 Å². The third-order valence-corrected chi connectivity index (χ3v) is 3.00. The fourth-order valence-electron chi connectivity index (χ4n) is 2.04. The molecule has 1 aromatic rings. The highest BCUT2D eigenvalue weighted by Gasteiger charge is 2.29. The van der Waals surface area contributed by atoms with Gasteiger partial charge in [0.15, 0.2) is 11.6 Å². The first kappa shape index (κ1) is 12.2. The SMILES string of the molecule is CCOc1cccnc1NCC1(C)CCCO1. The van der Waals surface area contributed by atoms with Crippen molar-refractivity contribution in [2.75, 3.05) is 25.1 Å². The van der Waals surface area contributed by atoms with Gasteiger partial charge in [-0.3, -0.25) is 0 Å². The molecule has 1 aliphatic heterocycles. The fourth-order valence-corrected chi connectivity index (χ4v) is 2.04. The first-order valence-electron chi connectivity index (χ1n) is 6.19. The van der Waals surface area contributed by atoms with Gasteiger partial charge in [0.1, 0.15) is 0 Å². The Kier molecular flexibility index (Phi) is 3.84. The first-order valence-corrected chi connectivity index (χ1v) is 6.19. The maximum absolute atomic E-state index is 5.73. The third-order valence-electron chi connectivity index (χ3n) is 3.00. The van der Waals surface area contributed by atoms with Gasteiger partial charge in [0.2, 0.25) is 0 Å². The molecular weight excluding hydrogens is 216 g/mol. The maximum Gasteiger partial charge on any atom is 0.168 e. The number of rotatable bonds is 5. The normalized spacial score (nSPS) is 23.6. The summed E-state index contributed by atoms with van der Waals surface area (Å²) >= 11 is 0. The summed E-state index contributed by atoms with van der Waals surface area (Å²) in [7, 11) is 0. The van der Waals surface area contributed by atoms with Gasteiger partial charge >= 0.3 is 0 Å². The minimum atomic E-state index is -0.0684. The summed E-state index contributed by atoms with van der Waals surface area (Å²) in [5, 5.41) is 3.32. The molecular formula is C13H20N2O2. The molecule has 0 saturated carbocycles. The van der Waals surface area contributed by atoms with Crippen LogP contribution in [0.3, 0.4) is 0 Å². The Hall–Kier alpha value is -1.29. The van der Waals surface area contributed by atoms with Crippen molar-refractivity contribution >= 4 is 5.82 Å². The average molecular weight is 236 g/mol. The van der Waals surface area contributed by atoms with Crippen LogP contribution in [-0.2, 0) is 4.74 Å². The van der Waals surface area contributed by atoms with Gasteiger partial charge in [-0.2, -0.15) is 0 Å². The van der Waals surface area contributed by atoms with Crippen molar-refractivity contribution in [3.8, 4) is 5.75 Å². The molecule has 0 bridgehead atoms. The lowest BCUT2D eigenvalue weighted by Crippen LogP contribution is -2.32. The van der Waals surface area contributed by atoms with Crippen LogP contribution in [0.25, 0.3) is 0 Å². The van der Waals surface area contributed by atoms with Gasteiger partial charge in [0.05, 0.1) is 12.2 Å². The molecule has 17 heavy (non-hydrogen) atoms. The summed E-state index contributed by atoms with van der Waals surface area (Å²) in [5.74, 6) is 1.60. The molecule has 1 aromatic heterocycles. The van der Waals surface area contributed by atoms with Crippen LogP contribution < -0.4 is 10.1 Å². The summed E-state index contributed by atoms with van der Waals surface area (Å²) in [6.07, 6.45) is 4.00. The van der Waals surface area contributed by atoms with Crippen LogP contribution in [0.2, 0.25) is 0 Å². The average Bonchev–Trinajstić information content (AvgIpc) is 2.76. The number of hydrogen-bond acceptors (Lipinski definition) is 4. The molecule has 0 aliphatic carbocycles. The van der Waals surface area contributed by atoms with Crippen LogP contribution in [0.15, 0.2) is 18.3 Å². The van der Waals surface area contributed by atoms with E-state index in [9.17, 15) is 0 Å². The minimum absolute atomic E-state index is 0.0684. The summed E-state index contributed by atoms with van der Waals surface area (Å²) in [6.45, 7) is 6.38. The number of anilines is 1. The second kappa shape index (κ2) is 5.36. The Bertz CT molecular complexity index is 362. The molecule has 1 fully saturated rings. The van der Waals surface area contributed by atoms with Gasteiger partial charge < -0.3 is 14.8 Å². The van der Waals surface area contributed by atoms with Crippen LogP contribution in [0.4, 0.5) is 5.82 Å². The second-order valence-electron chi connectivity index (χ2n) is 4.54. The number of nitrogens with zero attached hydrogens (tertiary/aromatic N) is 1. The molecule has 0 radical (unpaired) electrons. The van der Waals surface area contributed by atoms with Gasteiger partial charge in [-0.25, -0.2) is 4.98 Å². The van der Waals surface area contributed by atoms with Gasteiger partial charge in [0.25, 0.3) is 0 Å². The molecule has 0 amide bonds. The lowest BCUT2D eigenvalue weighted by molar-refractivity contribution is 0.0314. The molecule has 94 valence electrons. The molecule has 0 spiro atoms. The van der Waals surface area contributed by atoms with Crippen molar-refractivity contribution in [2.24, 2.45) is 0 Å². The second-order valence-corrected chi connectivity index (χ2v) is 4.54. The summed E-state index contributed by atoms with van der Waals surface area (Å²) in [5.41, 5.74) is -0.0684. The van der Waals surface area contributed by atoms with E-state index in [1.807, 2.05) is 19.1 Å². The van der Waals surface area contributed by atoms with Crippen molar-refractivity contribution < 1.29 is 9.47 Å². The van der Waals surface area contributed by atoms with Crippen molar-refractivity contribution in [1.29, 1.82) is 0 Å². The van der Waals surface area contributed by atoms with E-state index < -0.39 is 0 Å². The third kappa shape index (κ3) is 3.09. The lowest BCUT2D eigenvalue weighted by atomic mass is 10.0. The Balaban J connectivity index is 1.98. The van der Waals surface area contributed by atoms with Crippen LogP contribution in [0.1, 0.15) is 26.7 Å². The van der Waals surface area contributed by atoms with Crippen molar-refractivity contribution in [1.82, 2.24) is 4.98 Å². The standard InChI is InChI=1S/C13H20N2O2/c1-3-16-11-6-4-8-14-12(11)15-10-13(2)7-5-9-17-13/h4,6,8H,3,5,7,9-10H2,1-2H3,(H,14,15). The Labute approximate surface area is 102 Å². The predicted molar refractivity (Wildman–Crippen MR) is 67.5 cm³/mol. The molecule has 2 rings (SSSR count). The van der Waals surface area contributed by atoms with Gasteiger partial charge in [-0.05, 0) is 38.8 Å². The summed E-state index contributed by atoms with van der Waals surface area (Å²) < 4.78 is 11.3. The molecule has 1 aliphatic rings. The monoisotopic (exact) mass is 236 g/mol. The fraction of sp³-hybridized carbons (Fsp3) is 0.615. The van der Waals surface area contributed by atoms with Gasteiger partial charge in [-0.1, -0.05) is 0 Å². The summed E-state index contributed by atoms with van der Waals surface area (Å²) in [6, 6.07) is 3.81. The van der Waals surface area contributed by atoms with Crippen LogP contribution >= 0.6 is 0 Å². The van der Waals surface area contributed by atoms with E-state index in [1.165, 1.54) is 0 Å². The van der Waals surface area contributed by atoms with Crippen LogP contribution in [0, 0.1) is 0 Å². The number of ether oxygens (including phenoxy) is 2. The van der Waals surface area contributed by atoms with E-state index >= 15 is 0 Å². The Morgan fingerprint density at radius 2 is 2.47 bits per heavy atom. The van der Waals surface area contributed by atoms with Crippen molar-refractivity contribution in [2.45, 2.75) is 32.3 Å². The first-order chi connectivity index (χ1) is 8.23. The predicted octanol–water partition coefficient (Wildman–Crippen LogP) is 2.46. The zero-order valence-electron chi connectivity index (χ0n) is 10.5. The lowest BCUT2D eigenvalue weighted by Gasteiger charge is -2.24. The maximum atomic E-state index is 5.73. The molecule has 4 heteroatoms. The van der Waals surface area contributed by atoms with Crippen molar-refractivity contribution in [3.05, 3.63) is 18.3 Å². The zero-order valence-corrected chi connectivity index (χ0v) is 10.5. The zero-order chi connectivity index (χ0) is 12.1. The van der Waals surface area contributed by atoms with E-state index in [0.717, 1.165) is 37.6 Å². The quantitative estimate of drug-likeness (QED) is 0.853. The highest BCUT2D eigenvalue weighted by Crippen LogP contribution is 2.27. The van der Waals surface area contributed by atoms with E-state index in [1.54, 1.807) is 6.20 Å². The van der Waals surface area contributed by atoms with E-state index in [0.29, 0.717) is 6.61 Å². The molecule has 2 heterocycles. The number of pyridine rings is 1. The molecule has 1 unspecified atom stereocenters. The summed E-state index contributed by atoms with van der Waals surface area (Å²) in [4.78, 5) is 4.30. The van der Waals surface area contributed by atoms with E-state index in [2.05, 4.69) is 17.2 Å². The smallest absolute Gasteiger partial charge is 0.168 e. The highest BCUT2D eigenvalue weighted by molar-refractivity contribution is 5.49.